The summed E-state index contributed by atoms with van der Waals surface area (Å²) < 4.78 is 2.09. The lowest BCUT2D eigenvalue weighted by Crippen LogP contribution is -1.97. The van der Waals surface area contributed by atoms with Gasteiger partial charge in [-0.1, -0.05) is 13.3 Å². The number of rotatable bonds is 5. The van der Waals surface area contributed by atoms with Crippen LogP contribution in [-0.2, 0) is 6.54 Å². The van der Waals surface area contributed by atoms with Gasteiger partial charge in [-0.2, -0.15) is 0 Å². The van der Waals surface area contributed by atoms with Crippen molar-refractivity contribution < 1.29 is 15.0 Å². The van der Waals surface area contributed by atoms with E-state index < -0.39 is 12.1 Å². The van der Waals surface area contributed by atoms with E-state index in [0.29, 0.717) is 0 Å². The van der Waals surface area contributed by atoms with Crippen LogP contribution < -0.4 is 0 Å². The van der Waals surface area contributed by atoms with Crippen LogP contribution in [0.3, 0.4) is 0 Å². The van der Waals surface area contributed by atoms with Crippen LogP contribution in [0.4, 0.5) is 0 Å². The monoisotopic (exact) mass is 261 g/mol. The lowest BCUT2D eigenvalue weighted by atomic mass is 10.1. The van der Waals surface area contributed by atoms with E-state index in [1.54, 1.807) is 19.1 Å². The van der Waals surface area contributed by atoms with E-state index in [1.165, 1.54) is 0 Å². The van der Waals surface area contributed by atoms with Crippen molar-refractivity contribution >= 4 is 16.9 Å². The minimum Gasteiger partial charge on any atom is -0.478 e. The predicted octanol–water partition coefficient (Wildman–Crippen LogP) is 3.19. The topological polar surface area (TPSA) is 62.5 Å². The van der Waals surface area contributed by atoms with Crippen LogP contribution in [0.2, 0.25) is 0 Å². The smallest absolute Gasteiger partial charge is 0.335 e. The van der Waals surface area contributed by atoms with Crippen LogP contribution in [0.25, 0.3) is 10.9 Å². The molecule has 4 heteroatoms. The molecule has 2 rings (SSSR count). The average Bonchev–Trinajstić information content (AvgIpc) is 2.74. The van der Waals surface area contributed by atoms with Crippen molar-refractivity contribution in [1.29, 1.82) is 0 Å². The zero-order valence-electron chi connectivity index (χ0n) is 11.3. The van der Waals surface area contributed by atoms with Gasteiger partial charge in [0.2, 0.25) is 0 Å². The first-order valence-electron chi connectivity index (χ1n) is 6.58. The van der Waals surface area contributed by atoms with Crippen molar-refractivity contribution in [1.82, 2.24) is 4.57 Å². The van der Waals surface area contributed by atoms with Crippen molar-refractivity contribution in [3.8, 4) is 0 Å². The van der Waals surface area contributed by atoms with Crippen LogP contribution in [0.5, 0.6) is 0 Å². The highest BCUT2D eigenvalue weighted by molar-refractivity contribution is 5.95. The van der Waals surface area contributed by atoms with Gasteiger partial charge in [-0.25, -0.2) is 4.79 Å². The summed E-state index contributed by atoms with van der Waals surface area (Å²) in [4.78, 5) is 11.0. The number of nitrogens with zero attached hydrogens (tertiary/aromatic N) is 1. The van der Waals surface area contributed by atoms with Crippen LogP contribution in [-0.4, -0.2) is 20.7 Å². The van der Waals surface area contributed by atoms with Crippen molar-refractivity contribution in [3.05, 3.63) is 35.5 Å². The molecular formula is C15H19NO3. The Balaban J connectivity index is 2.57. The molecule has 1 unspecified atom stereocenters. The van der Waals surface area contributed by atoms with Crippen LogP contribution in [0, 0.1) is 0 Å². The number of carbonyl (C=O) groups is 1. The molecule has 0 aliphatic rings. The van der Waals surface area contributed by atoms with Gasteiger partial charge in [-0.3, -0.25) is 0 Å². The number of carboxylic acids is 1. The molecule has 0 spiro atoms. The molecule has 1 heterocycles. The molecule has 1 aromatic heterocycles. The van der Waals surface area contributed by atoms with E-state index in [9.17, 15) is 9.90 Å². The summed E-state index contributed by atoms with van der Waals surface area (Å²) >= 11 is 0. The van der Waals surface area contributed by atoms with Gasteiger partial charge in [0, 0.05) is 29.2 Å². The molecule has 0 radical (unpaired) electrons. The maximum atomic E-state index is 11.0. The number of aromatic carboxylic acids is 1. The second kappa shape index (κ2) is 5.45. The van der Waals surface area contributed by atoms with E-state index in [0.717, 1.165) is 35.9 Å². The van der Waals surface area contributed by atoms with E-state index >= 15 is 0 Å². The second-order valence-electron chi connectivity index (χ2n) is 4.84. The second-order valence-corrected chi connectivity index (χ2v) is 4.84. The largest absolute Gasteiger partial charge is 0.478 e. The molecule has 0 bridgehead atoms. The number of carboxylic acid groups (broad SMARTS) is 1. The summed E-state index contributed by atoms with van der Waals surface area (Å²) in [5, 5.41) is 19.7. The lowest BCUT2D eigenvalue weighted by molar-refractivity contribution is 0.0697. The summed E-state index contributed by atoms with van der Waals surface area (Å²) in [6.07, 6.45) is 3.48. The Morgan fingerprint density at radius 2 is 2.16 bits per heavy atom. The first kappa shape index (κ1) is 13.6. The lowest BCUT2D eigenvalue weighted by Gasteiger charge is -2.04. The summed E-state index contributed by atoms with van der Waals surface area (Å²) in [6.45, 7) is 4.71. The Morgan fingerprint density at radius 1 is 1.42 bits per heavy atom. The number of aliphatic hydroxyl groups is 1. The van der Waals surface area contributed by atoms with Gasteiger partial charge in [0.15, 0.2) is 0 Å². The number of benzene rings is 1. The molecule has 0 fully saturated rings. The first-order chi connectivity index (χ1) is 9.04. The molecule has 0 amide bonds. The van der Waals surface area contributed by atoms with Gasteiger partial charge in [-0.15, -0.1) is 0 Å². The highest BCUT2D eigenvalue weighted by atomic mass is 16.4. The van der Waals surface area contributed by atoms with Crippen LogP contribution >= 0.6 is 0 Å². The predicted molar refractivity (Wildman–Crippen MR) is 74.4 cm³/mol. The highest BCUT2D eigenvalue weighted by Crippen LogP contribution is 2.28. The molecule has 4 nitrogen and oxygen atoms in total. The Morgan fingerprint density at radius 3 is 2.74 bits per heavy atom. The minimum absolute atomic E-state index is 0.252. The number of unbranched alkanes of at least 4 members (excludes halogenated alkanes) is 1. The number of aromatic nitrogens is 1. The Kier molecular flexibility index (Phi) is 3.90. The minimum atomic E-state index is -0.945. The van der Waals surface area contributed by atoms with Crippen molar-refractivity contribution in [3.63, 3.8) is 0 Å². The van der Waals surface area contributed by atoms with Gasteiger partial charge in [0.05, 0.1) is 11.7 Å². The SMILES string of the molecule is CCCCn1cc(C(C)O)c2cc(C(=O)O)ccc21. The number of hydrogen-bond donors (Lipinski definition) is 2. The Hall–Kier alpha value is -1.81. The van der Waals surface area contributed by atoms with Crippen molar-refractivity contribution in [2.45, 2.75) is 39.3 Å². The normalized spacial score (nSPS) is 12.8. The number of fused-ring (bicyclic) bond motifs is 1. The zero-order valence-corrected chi connectivity index (χ0v) is 11.3. The maximum Gasteiger partial charge on any atom is 0.335 e. The van der Waals surface area contributed by atoms with E-state index in [1.807, 2.05) is 12.3 Å². The molecule has 0 aliphatic carbocycles. The molecule has 1 atom stereocenters. The fraction of sp³-hybridized carbons (Fsp3) is 0.400. The van der Waals surface area contributed by atoms with E-state index in [4.69, 9.17) is 5.11 Å². The van der Waals surface area contributed by atoms with Gasteiger partial charge >= 0.3 is 5.97 Å². The van der Waals surface area contributed by atoms with E-state index in [-0.39, 0.29) is 5.56 Å². The fourth-order valence-corrected chi connectivity index (χ4v) is 2.30. The maximum absolute atomic E-state index is 11.0. The number of hydrogen-bond acceptors (Lipinski definition) is 2. The van der Waals surface area contributed by atoms with Gasteiger partial charge < -0.3 is 14.8 Å². The highest BCUT2D eigenvalue weighted by Gasteiger charge is 2.14. The molecule has 0 saturated heterocycles. The summed E-state index contributed by atoms with van der Waals surface area (Å²) in [7, 11) is 0. The fourth-order valence-electron chi connectivity index (χ4n) is 2.30. The van der Waals surface area contributed by atoms with Gasteiger partial charge in [0.1, 0.15) is 0 Å². The molecule has 19 heavy (non-hydrogen) atoms. The number of aliphatic hydroxyl groups excluding tert-OH is 1. The summed E-state index contributed by atoms with van der Waals surface area (Å²) in [6, 6.07) is 5.07. The molecule has 2 N–H and O–H groups in total. The molecule has 2 aromatic rings. The van der Waals surface area contributed by atoms with Crippen LogP contribution in [0.1, 0.15) is 48.7 Å². The number of aryl methyl sites for hydroxylation is 1. The third-order valence-corrected chi connectivity index (χ3v) is 3.36. The van der Waals surface area contributed by atoms with E-state index in [2.05, 4.69) is 11.5 Å². The average molecular weight is 261 g/mol. The van der Waals surface area contributed by atoms with Crippen LogP contribution in [0.15, 0.2) is 24.4 Å². The molecule has 1 aromatic carbocycles. The van der Waals surface area contributed by atoms with Crippen molar-refractivity contribution in [2.24, 2.45) is 0 Å². The van der Waals surface area contributed by atoms with Gasteiger partial charge in [0.25, 0.3) is 0 Å². The standard InChI is InChI=1S/C15H19NO3/c1-3-4-7-16-9-13(10(2)17)12-8-11(15(18)19)5-6-14(12)16/h5-6,8-10,17H,3-4,7H2,1-2H3,(H,18,19). The molecular weight excluding hydrogens is 242 g/mol. The van der Waals surface area contributed by atoms with Gasteiger partial charge in [-0.05, 0) is 31.5 Å². The molecule has 0 saturated carbocycles. The molecule has 102 valence electrons. The summed E-state index contributed by atoms with van der Waals surface area (Å²) in [5.41, 5.74) is 2.02. The third-order valence-electron chi connectivity index (χ3n) is 3.36. The third kappa shape index (κ3) is 2.63. The summed E-state index contributed by atoms with van der Waals surface area (Å²) in [5.74, 6) is -0.945. The Bertz CT molecular complexity index is 599. The first-order valence-corrected chi connectivity index (χ1v) is 6.58. The zero-order chi connectivity index (χ0) is 14.0. The molecule has 0 aliphatic heterocycles. The Labute approximate surface area is 112 Å². The van der Waals surface area contributed by atoms with Crippen molar-refractivity contribution in [2.75, 3.05) is 0 Å². The quantitative estimate of drug-likeness (QED) is 0.868.